The maximum Gasteiger partial charge on any atom is 0.217 e. The molecule has 6 rings (SSSR count). The molecule has 6 heterocycles. The molecule has 23 heavy (non-hydrogen) atoms. The summed E-state index contributed by atoms with van der Waals surface area (Å²) in [6.45, 7) is 7.60. The van der Waals surface area contributed by atoms with Gasteiger partial charge in [-0.05, 0) is 57.5 Å². The number of aryl methyl sites for hydroxylation is 2. The first-order valence-corrected chi connectivity index (χ1v) is 8.61. The fourth-order valence-electron chi connectivity index (χ4n) is 4.56. The number of furan rings is 1. The van der Waals surface area contributed by atoms with E-state index in [0.29, 0.717) is 5.92 Å². The van der Waals surface area contributed by atoms with Gasteiger partial charge in [0.05, 0.1) is 0 Å². The molecule has 2 bridgehead atoms. The van der Waals surface area contributed by atoms with Gasteiger partial charge in [-0.2, -0.15) is 0 Å². The summed E-state index contributed by atoms with van der Waals surface area (Å²) < 4.78 is 12.3. The molecule has 0 amide bonds. The maximum absolute atomic E-state index is 6.41. The van der Waals surface area contributed by atoms with Crippen LogP contribution in [0.25, 0.3) is 11.3 Å². The minimum atomic E-state index is -0.0283. The van der Waals surface area contributed by atoms with Gasteiger partial charge in [-0.1, -0.05) is 0 Å². The molecule has 4 aliphatic rings. The van der Waals surface area contributed by atoms with Crippen LogP contribution in [0.1, 0.15) is 29.7 Å². The summed E-state index contributed by atoms with van der Waals surface area (Å²) in [6.07, 6.45) is 5.40. The molecule has 4 aliphatic heterocycles. The number of rotatable bonds is 1. The van der Waals surface area contributed by atoms with Crippen molar-refractivity contribution >= 4 is 0 Å². The molecule has 0 unspecified atom stereocenters. The van der Waals surface area contributed by atoms with Crippen LogP contribution in [0, 0.1) is 19.8 Å². The van der Waals surface area contributed by atoms with Gasteiger partial charge >= 0.3 is 0 Å². The third-order valence-electron chi connectivity index (χ3n) is 5.99. The van der Waals surface area contributed by atoms with Gasteiger partial charge in [0.2, 0.25) is 5.88 Å². The Labute approximate surface area is 136 Å². The van der Waals surface area contributed by atoms with Crippen LogP contribution in [0.15, 0.2) is 22.7 Å². The number of ether oxygens (including phenoxy) is 1. The fourth-order valence-corrected chi connectivity index (χ4v) is 4.56. The second kappa shape index (κ2) is 4.60. The molecule has 0 N–H and O–H groups in total. The molecule has 2 aromatic heterocycles. The van der Waals surface area contributed by atoms with Crippen LogP contribution < -0.4 is 4.74 Å². The third kappa shape index (κ3) is 1.97. The molecule has 1 spiro atoms. The van der Waals surface area contributed by atoms with Crippen LogP contribution in [0.4, 0.5) is 0 Å². The van der Waals surface area contributed by atoms with E-state index in [-0.39, 0.29) is 5.60 Å². The zero-order chi connectivity index (χ0) is 15.6. The first-order valence-electron chi connectivity index (χ1n) is 8.61. The van der Waals surface area contributed by atoms with Gasteiger partial charge in [0.15, 0.2) is 0 Å². The van der Waals surface area contributed by atoms with Crippen LogP contribution in [0.3, 0.4) is 0 Å². The van der Waals surface area contributed by atoms with Crippen LogP contribution in [0.5, 0.6) is 5.88 Å². The first-order chi connectivity index (χ1) is 11.1. The highest BCUT2D eigenvalue weighted by atomic mass is 16.5. The molecule has 3 fully saturated rings. The lowest BCUT2D eigenvalue weighted by molar-refractivity contribution is -0.0814. The van der Waals surface area contributed by atoms with Crippen molar-refractivity contribution in [1.29, 1.82) is 0 Å². The zero-order valence-corrected chi connectivity index (χ0v) is 13.8. The molecule has 0 aliphatic carbocycles. The van der Waals surface area contributed by atoms with Gasteiger partial charge in [0.25, 0.3) is 0 Å². The van der Waals surface area contributed by atoms with Crippen LogP contribution in [-0.2, 0) is 6.42 Å². The minimum Gasteiger partial charge on any atom is -0.469 e. The third-order valence-corrected chi connectivity index (χ3v) is 5.99. The Hall–Kier alpha value is -1.81. The van der Waals surface area contributed by atoms with Gasteiger partial charge in [0.1, 0.15) is 17.1 Å². The predicted octanol–water partition coefficient (Wildman–Crippen LogP) is 3.36. The topological polar surface area (TPSA) is 38.5 Å². The van der Waals surface area contributed by atoms with E-state index in [1.54, 1.807) is 0 Å². The molecule has 2 aromatic rings. The molecule has 1 atom stereocenters. The molecule has 4 nitrogen and oxygen atoms in total. The number of hydrogen-bond acceptors (Lipinski definition) is 4. The number of pyridine rings is 1. The summed E-state index contributed by atoms with van der Waals surface area (Å²) in [6, 6.07) is 4.31. The Morgan fingerprint density at radius 1 is 1.22 bits per heavy atom. The molecular weight excluding hydrogens is 288 g/mol. The van der Waals surface area contributed by atoms with E-state index in [4.69, 9.17) is 9.15 Å². The number of aromatic nitrogens is 1. The van der Waals surface area contributed by atoms with Crippen molar-refractivity contribution < 1.29 is 9.15 Å². The lowest BCUT2D eigenvalue weighted by Crippen LogP contribution is -2.61. The van der Waals surface area contributed by atoms with Gasteiger partial charge in [-0.25, -0.2) is 4.98 Å². The van der Waals surface area contributed by atoms with E-state index in [1.165, 1.54) is 37.1 Å². The predicted molar refractivity (Wildman–Crippen MR) is 87.6 cm³/mol. The summed E-state index contributed by atoms with van der Waals surface area (Å²) in [4.78, 5) is 7.15. The Balaban J connectivity index is 1.49. The maximum atomic E-state index is 6.41. The first kappa shape index (κ1) is 13.6. The van der Waals surface area contributed by atoms with Crippen molar-refractivity contribution in [2.24, 2.45) is 5.92 Å². The monoisotopic (exact) mass is 310 g/mol. The van der Waals surface area contributed by atoms with Gasteiger partial charge in [-0.3, -0.25) is 4.90 Å². The molecule has 4 heteroatoms. The second-order valence-corrected chi connectivity index (χ2v) is 7.43. The number of hydrogen-bond donors (Lipinski definition) is 0. The average Bonchev–Trinajstić information content (AvgIpc) is 3.07. The average molecular weight is 310 g/mol. The van der Waals surface area contributed by atoms with Gasteiger partial charge < -0.3 is 9.15 Å². The van der Waals surface area contributed by atoms with E-state index in [9.17, 15) is 0 Å². The summed E-state index contributed by atoms with van der Waals surface area (Å²) in [5, 5.41) is 0. The van der Waals surface area contributed by atoms with E-state index in [1.807, 2.05) is 13.1 Å². The van der Waals surface area contributed by atoms with Crippen molar-refractivity contribution in [2.45, 2.75) is 38.7 Å². The lowest BCUT2D eigenvalue weighted by atomic mass is 9.73. The van der Waals surface area contributed by atoms with E-state index < -0.39 is 0 Å². The van der Waals surface area contributed by atoms with Crippen molar-refractivity contribution in [3.8, 4) is 17.2 Å². The van der Waals surface area contributed by atoms with Crippen molar-refractivity contribution in [1.82, 2.24) is 9.88 Å². The molecule has 0 aromatic carbocycles. The number of nitrogens with zero attached hydrogens (tertiary/aromatic N) is 2. The standard InChI is InChI=1S/C19H22N2O2/c1-12-7-17(22-13(12)2)15-8-14-9-19(23-18(14)20-10-15)11-21-5-3-16(19)4-6-21/h7-8,10,16H,3-6,9,11H2,1-2H3/t19-/m0/s1. The lowest BCUT2D eigenvalue weighted by Gasteiger charge is -2.50. The smallest absolute Gasteiger partial charge is 0.217 e. The van der Waals surface area contributed by atoms with E-state index in [2.05, 4.69) is 28.9 Å². The van der Waals surface area contributed by atoms with Crippen molar-refractivity contribution in [3.63, 3.8) is 0 Å². The quantitative estimate of drug-likeness (QED) is 0.809. The van der Waals surface area contributed by atoms with Gasteiger partial charge in [0, 0.05) is 36.2 Å². The highest BCUT2D eigenvalue weighted by Crippen LogP contribution is 2.46. The highest BCUT2D eigenvalue weighted by molar-refractivity contribution is 5.60. The Kier molecular flexibility index (Phi) is 2.72. The Morgan fingerprint density at radius 3 is 2.70 bits per heavy atom. The number of piperidine rings is 3. The number of fused-ring (bicyclic) bond motifs is 3. The summed E-state index contributed by atoms with van der Waals surface area (Å²) >= 11 is 0. The molecule has 0 saturated carbocycles. The van der Waals surface area contributed by atoms with Crippen LogP contribution >= 0.6 is 0 Å². The van der Waals surface area contributed by atoms with E-state index in [0.717, 1.165) is 35.9 Å². The summed E-state index contributed by atoms with van der Waals surface area (Å²) in [5.74, 6) is 3.40. The Morgan fingerprint density at radius 2 is 2.04 bits per heavy atom. The fraction of sp³-hybridized carbons (Fsp3) is 0.526. The van der Waals surface area contributed by atoms with E-state index >= 15 is 0 Å². The highest BCUT2D eigenvalue weighted by Gasteiger charge is 2.52. The zero-order valence-electron chi connectivity index (χ0n) is 13.8. The van der Waals surface area contributed by atoms with Crippen LogP contribution in [0.2, 0.25) is 0 Å². The van der Waals surface area contributed by atoms with Crippen LogP contribution in [-0.4, -0.2) is 35.1 Å². The molecular formula is C19H22N2O2. The normalized spacial score (nSPS) is 31.4. The molecule has 3 saturated heterocycles. The minimum absolute atomic E-state index is 0.0283. The Bertz CT molecular complexity index is 754. The van der Waals surface area contributed by atoms with Crippen molar-refractivity contribution in [3.05, 3.63) is 35.2 Å². The van der Waals surface area contributed by atoms with Gasteiger partial charge in [-0.15, -0.1) is 0 Å². The summed E-state index contributed by atoms with van der Waals surface area (Å²) in [7, 11) is 0. The van der Waals surface area contributed by atoms with Crippen molar-refractivity contribution in [2.75, 3.05) is 19.6 Å². The SMILES string of the molecule is Cc1cc(-c2cnc3c(c2)C[C@@]2(CN4CCC2CC4)O3)oc1C. The molecule has 120 valence electrons. The second-order valence-electron chi connectivity index (χ2n) is 7.43. The molecule has 0 radical (unpaired) electrons. The summed E-state index contributed by atoms with van der Waals surface area (Å²) in [5.41, 5.74) is 3.45. The largest absolute Gasteiger partial charge is 0.469 e.